The van der Waals surface area contributed by atoms with Crippen LogP contribution in [0.25, 0.3) is 6.08 Å². The normalized spacial score (nSPS) is 14.1. The lowest BCUT2D eigenvalue weighted by Gasteiger charge is -2.26. The van der Waals surface area contributed by atoms with Crippen LogP contribution in [0.5, 0.6) is 5.75 Å². The van der Waals surface area contributed by atoms with Crippen LogP contribution in [0, 0.1) is 6.92 Å². The largest absolute Gasteiger partial charge is 0.496 e. The van der Waals surface area contributed by atoms with Gasteiger partial charge in [-0.2, -0.15) is 0 Å². The van der Waals surface area contributed by atoms with Crippen LogP contribution in [0.15, 0.2) is 24.3 Å². The number of aliphatic hydroxyl groups excluding tert-OH is 1. The molecule has 2 N–H and O–H groups in total. The summed E-state index contributed by atoms with van der Waals surface area (Å²) in [5.41, 5.74) is 1.36. The monoisotopic (exact) mass is 277 g/mol. The molecule has 0 aliphatic rings. The van der Waals surface area contributed by atoms with Crippen molar-refractivity contribution in [1.82, 2.24) is 5.32 Å². The van der Waals surface area contributed by atoms with E-state index in [-0.39, 0.29) is 12.5 Å². The SMILES string of the molecule is CCC(C)(CO)NC(=O)C=Cc1cc(C)ccc1OC. The van der Waals surface area contributed by atoms with E-state index >= 15 is 0 Å². The van der Waals surface area contributed by atoms with Gasteiger partial charge in [0.05, 0.1) is 19.3 Å². The molecule has 0 radical (unpaired) electrons. The Bertz CT molecular complexity index is 490. The van der Waals surface area contributed by atoms with Crippen molar-refractivity contribution < 1.29 is 14.6 Å². The van der Waals surface area contributed by atoms with Crippen molar-refractivity contribution in [2.45, 2.75) is 32.7 Å². The van der Waals surface area contributed by atoms with Gasteiger partial charge in [-0.25, -0.2) is 0 Å². The molecule has 1 aromatic rings. The number of methoxy groups -OCH3 is 1. The number of amides is 1. The number of nitrogens with one attached hydrogen (secondary N) is 1. The molecule has 4 nitrogen and oxygen atoms in total. The van der Waals surface area contributed by atoms with E-state index in [1.54, 1.807) is 13.2 Å². The minimum Gasteiger partial charge on any atom is -0.496 e. The molecular formula is C16H23NO3. The van der Waals surface area contributed by atoms with E-state index in [0.717, 1.165) is 16.9 Å². The van der Waals surface area contributed by atoms with Gasteiger partial charge in [0.2, 0.25) is 5.91 Å². The zero-order chi connectivity index (χ0) is 15.2. The number of rotatable bonds is 6. The average Bonchev–Trinajstić information content (AvgIpc) is 2.45. The van der Waals surface area contributed by atoms with Gasteiger partial charge in [-0.3, -0.25) is 4.79 Å². The molecule has 0 saturated carbocycles. The molecule has 0 heterocycles. The van der Waals surface area contributed by atoms with E-state index in [1.165, 1.54) is 6.08 Å². The average molecular weight is 277 g/mol. The first-order valence-electron chi connectivity index (χ1n) is 6.70. The molecule has 1 aromatic carbocycles. The van der Waals surface area contributed by atoms with Gasteiger partial charge in [0.1, 0.15) is 5.75 Å². The standard InChI is InChI=1S/C16H23NO3/c1-5-16(3,11-18)17-15(19)9-7-13-10-12(2)6-8-14(13)20-4/h6-10,18H,5,11H2,1-4H3,(H,17,19). The minimum absolute atomic E-state index is 0.0865. The third-order valence-electron chi connectivity index (χ3n) is 3.35. The number of hydrogen-bond acceptors (Lipinski definition) is 3. The van der Waals surface area contributed by atoms with Crippen molar-refractivity contribution >= 4 is 12.0 Å². The maximum atomic E-state index is 11.9. The molecule has 0 spiro atoms. The zero-order valence-electron chi connectivity index (χ0n) is 12.6. The predicted molar refractivity (Wildman–Crippen MR) is 80.7 cm³/mol. The number of aliphatic hydroxyl groups is 1. The fourth-order valence-corrected chi connectivity index (χ4v) is 1.73. The highest BCUT2D eigenvalue weighted by atomic mass is 16.5. The first kappa shape index (κ1) is 16.2. The third-order valence-corrected chi connectivity index (χ3v) is 3.35. The maximum absolute atomic E-state index is 11.9. The lowest BCUT2D eigenvalue weighted by Crippen LogP contribution is -2.47. The molecule has 0 bridgehead atoms. The summed E-state index contributed by atoms with van der Waals surface area (Å²) in [5, 5.41) is 12.1. The van der Waals surface area contributed by atoms with Crippen molar-refractivity contribution in [2.75, 3.05) is 13.7 Å². The lowest BCUT2D eigenvalue weighted by molar-refractivity contribution is -0.118. The second-order valence-corrected chi connectivity index (χ2v) is 5.14. The maximum Gasteiger partial charge on any atom is 0.244 e. The van der Waals surface area contributed by atoms with Gasteiger partial charge in [-0.05, 0) is 38.5 Å². The summed E-state index contributed by atoms with van der Waals surface area (Å²) < 4.78 is 5.25. The number of aryl methyl sites for hydroxylation is 1. The summed E-state index contributed by atoms with van der Waals surface area (Å²) in [7, 11) is 1.60. The summed E-state index contributed by atoms with van der Waals surface area (Å²) >= 11 is 0. The van der Waals surface area contributed by atoms with Gasteiger partial charge in [-0.15, -0.1) is 0 Å². The summed E-state index contributed by atoms with van der Waals surface area (Å²) in [4.78, 5) is 11.9. The highest BCUT2D eigenvalue weighted by molar-refractivity contribution is 5.92. The summed E-state index contributed by atoms with van der Waals surface area (Å²) in [5.74, 6) is 0.493. The molecule has 0 saturated heterocycles. The summed E-state index contributed by atoms with van der Waals surface area (Å²) in [6, 6.07) is 5.78. The highest BCUT2D eigenvalue weighted by Gasteiger charge is 2.21. The van der Waals surface area contributed by atoms with Gasteiger partial charge in [0.15, 0.2) is 0 Å². The van der Waals surface area contributed by atoms with Crippen molar-refractivity contribution in [3.63, 3.8) is 0 Å². The van der Waals surface area contributed by atoms with E-state index in [9.17, 15) is 9.90 Å². The molecule has 0 aromatic heterocycles. The van der Waals surface area contributed by atoms with E-state index in [2.05, 4.69) is 5.32 Å². The van der Waals surface area contributed by atoms with Crippen LogP contribution < -0.4 is 10.1 Å². The Kier molecular flexibility index (Phi) is 5.77. The smallest absolute Gasteiger partial charge is 0.244 e. The van der Waals surface area contributed by atoms with Gasteiger partial charge in [-0.1, -0.05) is 18.6 Å². The molecule has 1 amide bonds. The molecule has 1 rings (SSSR count). The topological polar surface area (TPSA) is 58.6 Å². The van der Waals surface area contributed by atoms with Gasteiger partial charge >= 0.3 is 0 Å². The quantitative estimate of drug-likeness (QED) is 0.784. The summed E-state index contributed by atoms with van der Waals surface area (Å²) in [6.07, 6.45) is 3.84. The molecule has 1 atom stereocenters. The molecule has 110 valence electrons. The van der Waals surface area contributed by atoms with Gasteiger partial charge in [0.25, 0.3) is 0 Å². The Morgan fingerprint density at radius 3 is 2.75 bits per heavy atom. The van der Waals surface area contributed by atoms with Crippen LogP contribution in [0.3, 0.4) is 0 Å². The van der Waals surface area contributed by atoms with Crippen LogP contribution >= 0.6 is 0 Å². The number of ether oxygens (including phenoxy) is 1. The number of carbonyl (C=O) groups excluding carboxylic acids is 1. The van der Waals surface area contributed by atoms with Crippen molar-refractivity contribution in [2.24, 2.45) is 0 Å². The Balaban J connectivity index is 2.82. The van der Waals surface area contributed by atoms with Crippen molar-refractivity contribution in [3.8, 4) is 5.75 Å². The highest BCUT2D eigenvalue weighted by Crippen LogP contribution is 2.21. The Morgan fingerprint density at radius 2 is 2.20 bits per heavy atom. The molecule has 4 heteroatoms. The van der Waals surface area contributed by atoms with Crippen LogP contribution in [0.2, 0.25) is 0 Å². The van der Waals surface area contributed by atoms with Crippen LogP contribution in [-0.4, -0.2) is 30.3 Å². The van der Waals surface area contributed by atoms with Crippen LogP contribution in [0.4, 0.5) is 0 Å². The second kappa shape index (κ2) is 7.10. The molecular weight excluding hydrogens is 254 g/mol. The zero-order valence-corrected chi connectivity index (χ0v) is 12.6. The third kappa shape index (κ3) is 4.38. The first-order valence-corrected chi connectivity index (χ1v) is 6.70. The Labute approximate surface area is 120 Å². The van der Waals surface area contributed by atoms with E-state index in [4.69, 9.17) is 4.74 Å². The Hall–Kier alpha value is -1.81. The van der Waals surface area contributed by atoms with Crippen LogP contribution in [0.1, 0.15) is 31.4 Å². The fourth-order valence-electron chi connectivity index (χ4n) is 1.73. The number of hydrogen-bond donors (Lipinski definition) is 2. The molecule has 0 aliphatic carbocycles. The molecule has 1 unspecified atom stereocenters. The summed E-state index contributed by atoms with van der Waals surface area (Å²) in [6.45, 7) is 5.63. The lowest BCUT2D eigenvalue weighted by atomic mass is 10.0. The first-order chi connectivity index (χ1) is 9.44. The van der Waals surface area contributed by atoms with Crippen LogP contribution in [-0.2, 0) is 4.79 Å². The van der Waals surface area contributed by atoms with E-state index in [1.807, 2.05) is 39.0 Å². The van der Waals surface area contributed by atoms with Crippen molar-refractivity contribution in [3.05, 3.63) is 35.4 Å². The predicted octanol–water partition coefficient (Wildman–Crippen LogP) is 2.29. The number of benzene rings is 1. The van der Waals surface area contributed by atoms with Gasteiger partial charge < -0.3 is 15.2 Å². The molecule has 0 fully saturated rings. The Morgan fingerprint density at radius 1 is 1.50 bits per heavy atom. The molecule has 20 heavy (non-hydrogen) atoms. The molecule has 0 aliphatic heterocycles. The fraction of sp³-hybridized carbons (Fsp3) is 0.438. The van der Waals surface area contributed by atoms with E-state index < -0.39 is 5.54 Å². The van der Waals surface area contributed by atoms with Crippen molar-refractivity contribution in [1.29, 1.82) is 0 Å². The van der Waals surface area contributed by atoms with E-state index in [0.29, 0.717) is 6.42 Å². The van der Waals surface area contributed by atoms with Gasteiger partial charge in [0, 0.05) is 11.6 Å². The number of carbonyl (C=O) groups is 1. The second-order valence-electron chi connectivity index (χ2n) is 5.14. The minimum atomic E-state index is -0.585.